The molecule has 0 unspecified atom stereocenters. The van der Waals surface area contributed by atoms with Crippen molar-refractivity contribution in [3.8, 4) is 0 Å². The maximum atomic E-state index is 11.6. The molecule has 7 heteroatoms. The van der Waals surface area contributed by atoms with E-state index < -0.39 is 6.03 Å². The number of rotatable bonds is 1. The summed E-state index contributed by atoms with van der Waals surface area (Å²) in [5, 5.41) is 15.7. The van der Waals surface area contributed by atoms with Crippen LogP contribution in [0, 0.1) is 5.41 Å². The summed E-state index contributed by atoms with van der Waals surface area (Å²) in [6.45, 7) is 5.61. The Labute approximate surface area is 129 Å². The number of urea groups is 1. The first-order valence-electron chi connectivity index (χ1n) is 5.58. The fraction of sp³-hybridized carbons (Fsp3) is 0.333. The van der Waals surface area contributed by atoms with Crippen molar-refractivity contribution in [3.05, 3.63) is 27.1 Å². The Hall–Kier alpha value is -1.08. The third-order valence-corrected chi connectivity index (χ3v) is 3.26. The molecule has 0 atom stereocenters. The summed E-state index contributed by atoms with van der Waals surface area (Å²) in [7, 11) is 0. The molecule has 19 heavy (non-hydrogen) atoms. The largest absolute Gasteiger partial charge is 0.333 e. The number of hydrogen-bond acceptors (Lipinski definition) is 2. The van der Waals surface area contributed by atoms with Crippen molar-refractivity contribution in [2.45, 2.75) is 26.3 Å². The number of guanidine groups is 1. The zero-order valence-electron chi connectivity index (χ0n) is 10.9. The van der Waals surface area contributed by atoms with Crippen LogP contribution in [0.4, 0.5) is 10.5 Å². The van der Waals surface area contributed by atoms with Crippen LogP contribution in [-0.4, -0.2) is 17.5 Å². The highest BCUT2D eigenvalue weighted by molar-refractivity contribution is 9.11. The second kappa shape index (κ2) is 6.38. The van der Waals surface area contributed by atoms with Gasteiger partial charge < -0.3 is 10.6 Å². The monoisotopic (exact) mass is 390 g/mol. The van der Waals surface area contributed by atoms with Crippen LogP contribution in [0.5, 0.6) is 0 Å². The van der Waals surface area contributed by atoms with Gasteiger partial charge in [-0.05, 0) is 64.8 Å². The molecule has 0 spiro atoms. The summed E-state index contributed by atoms with van der Waals surface area (Å²) < 4.78 is 1.59. The van der Waals surface area contributed by atoms with Gasteiger partial charge in [-0.15, -0.1) is 0 Å². The van der Waals surface area contributed by atoms with E-state index in [9.17, 15) is 4.79 Å². The van der Waals surface area contributed by atoms with E-state index >= 15 is 0 Å². The molecule has 0 bridgehead atoms. The predicted octanol–water partition coefficient (Wildman–Crippen LogP) is 3.66. The Morgan fingerprint density at radius 1 is 1.21 bits per heavy atom. The lowest BCUT2D eigenvalue weighted by Gasteiger charge is -2.21. The van der Waals surface area contributed by atoms with Crippen molar-refractivity contribution in [1.82, 2.24) is 10.6 Å². The first kappa shape index (κ1) is 16.0. The van der Waals surface area contributed by atoms with Crippen LogP contribution in [-0.2, 0) is 0 Å². The van der Waals surface area contributed by atoms with Gasteiger partial charge in [-0.1, -0.05) is 6.07 Å². The Balaban J connectivity index is 2.64. The van der Waals surface area contributed by atoms with E-state index in [4.69, 9.17) is 5.41 Å². The standard InChI is InChI=1S/C12H16Br2N4O/c1-12(2,3)18-11(19)17-10(15)16-9-7(13)5-4-6-8(9)14/h4-6H,1-3H3,(H4,15,16,17,18,19). The van der Waals surface area contributed by atoms with Gasteiger partial charge in [0.1, 0.15) is 0 Å². The summed E-state index contributed by atoms with van der Waals surface area (Å²) >= 11 is 6.75. The Kier molecular flexibility index (Phi) is 5.37. The predicted molar refractivity (Wildman–Crippen MR) is 84.6 cm³/mol. The summed E-state index contributed by atoms with van der Waals surface area (Å²) in [6.07, 6.45) is 0. The fourth-order valence-electron chi connectivity index (χ4n) is 1.26. The van der Waals surface area contributed by atoms with Gasteiger partial charge in [-0.25, -0.2) is 4.79 Å². The van der Waals surface area contributed by atoms with Crippen molar-refractivity contribution < 1.29 is 4.79 Å². The number of carbonyl (C=O) groups is 1. The van der Waals surface area contributed by atoms with Crippen LogP contribution >= 0.6 is 31.9 Å². The van der Waals surface area contributed by atoms with Crippen molar-refractivity contribution in [3.63, 3.8) is 0 Å². The average molecular weight is 392 g/mol. The summed E-state index contributed by atoms with van der Waals surface area (Å²) in [5.74, 6) is -0.102. The minimum absolute atomic E-state index is 0.102. The lowest BCUT2D eigenvalue weighted by atomic mass is 10.1. The van der Waals surface area contributed by atoms with Crippen molar-refractivity contribution in [2.75, 3.05) is 5.32 Å². The maximum absolute atomic E-state index is 11.6. The van der Waals surface area contributed by atoms with E-state index in [1.807, 2.05) is 39.0 Å². The number of benzene rings is 1. The molecule has 0 aromatic heterocycles. The molecule has 1 rings (SSSR count). The quantitative estimate of drug-likeness (QED) is 0.435. The average Bonchev–Trinajstić information content (AvgIpc) is 2.20. The van der Waals surface area contributed by atoms with Crippen LogP contribution in [0.2, 0.25) is 0 Å². The third kappa shape index (κ3) is 5.61. The van der Waals surface area contributed by atoms with Crippen molar-refractivity contribution >= 4 is 49.5 Å². The zero-order valence-corrected chi connectivity index (χ0v) is 14.1. The number of amides is 2. The van der Waals surface area contributed by atoms with E-state index in [0.29, 0.717) is 5.69 Å². The lowest BCUT2D eigenvalue weighted by Crippen LogP contribution is -2.49. The first-order valence-corrected chi connectivity index (χ1v) is 7.16. The second-order valence-electron chi connectivity index (χ2n) is 4.93. The maximum Gasteiger partial charge on any atom is 0.321 e. The first-order chi connectivity index (χ1) is 8.69. The summed E-state index contributed by atoms with van der Waals surface area (Å²) in [6, 6.07) is 5.13. The van der Waals surface area contributed by atoms with E-state index in [2.05, 4.69) is 47.8 Å². The molecule has 0 saturated heterocycles. The highest BCUT2D eigenvalue weighted by atomic mass is 79.9. The van der Waals surface area contributed by atoms with Gasteiger partial charge in [0.2, 0.25) is 5.96 Å². The number of para-hydroxylation sites is 1. The Bertz CT molecular complexity index is 477. The molecule has 0 radical (unpaired) electrons. The van der Waals surface area contributed by atoms with Gasteiger partial charge in [-0.3, -0.25) is 10.7 Å². The molecule has 0 saturated carbocycles. The molecule has 4 N–H and O–H groups in total. The molecule has 0 aliphatic rings. The van der Waals surface area contributed by atoms with Crippen LogP contribution in [0.3, 0.4) is 0 Å². The smallest absolute Gasteiger partial charge is 0.321 e. The normalized spacial score (nSPS) is 10.8. The molecule has 104 valence electrons. The number of halogens is 2. The Morgan fingerprint density at radius 3 is 2.21 bits per heavy atom. The SMILES string of the molecule is CC(C)(C)NC(=O)NC(=N)Nc1c(Br)cccc1Br. The van der Waals surface area contributed by atoms with E-state index in [-0.39, 0.29) is 11.5 Å². The molecule has 0 aliphatic heterocycles. The molecule has 0 heterocycles. The zero-order chi connectivity index (χ0) is 14.6. The molecule has 2 amide bonds. The lowest BCUT2D eigenvalue weighted by molar-refractivity contribution is 0.236. The number of nitrogens with one attached hydrogen (secondary N) is 4. The van der Waals surface area contributed by atoms with Crippen LogP contribution in [0.15, 0.2) is 27.1 Å². The second-order valence-corrected chi connectivity index (χ2v) is 6.63. The van der Waals surface area contributed by atoms with Crippen molar-refractivity contribution in [2.24, 2.45) is 0 Å². The minimum Gasteiger partial charge on any atom is -0.333 e. The third-order valence-electron chi connectivity index (χ3n) is 1.94. The molecule has 1 aromatic rings. The van der Waals surface area contributed by atoms with Crippen molar-refractivity contribution in [1.29, 1.82) is 5.41 Å². The molecular weight excluding hydrogens is 376 g/mol. The van der Waals surface area contributed by atoms with Gasteiger partial charge in [0, 0.05) is 14.5 Å². The fourth-order valence-corrected chi connectivity index (χ4v) is 2.46. The van der Waals surface area contributed by atoms with E-state index in [1.165, 1.54) is 0 Å². The molecule has 5 nitrogen and oxygen atoms in total. The number of carbonyl (C=O) groups excluding carboxylic acids is 1. The highest BCUT2D eigenvalue weighted by Gasteiger charge is 2.15. The summed E-state index contributed by atoms with van der Waals surface area (Å²) in [4.78, 5) is 11.6. The topological polar surface area (TPSA) is 77.0 Å². The van der Waals surface area contributed by atoms with E-state index in [0.717, 1.165) is 8.95 Å². The summed E-state index contributed by atoms with van der Waals surface area (Å²) in [5.41, 5.74) is 0.335. The van der Waals surface area contributed by atoms with Gasteiger partial charge in [0.05, 0.1) is 5.69 Å². The number of anilines is 1. The van der Waals surface area contributed by atoms with Gasteiger partial charge in [0.15, 0.2) is 0 Å². The van der Waals surface area contributed by atoms with Crippen LogP contribution < -0.4 is 16.0 Å². The van der Waals surface area contributed by atoms with Gasteiger partial charge in [0.25, 0.3) is 0 Å². The Morgan fingerprint density at radius 2 is 1.74 bits per heavy atom. The van der Waals surface area contributed by atoms with Gasteiger partial charge >= 0.3 is 6.03 Å². The molecule has 1 aromatic carbocycles. The van der Waals surface area contributed by atoms with Crippen LogP contribution in [0.1, 0.15) is 20.8 Å². The molecule has 0 aliphatic carbocycles. The highest BCUT2D eigenvalue weighted by Crippen LogP contribution is 2.30. The van der Waals surface area contributed by atoms with Crippen LogP contribution in [0.25, 0.3) is 0 Å². The van der Waals surface area contributed by atoms with E-state index in [1.54, 1.807) is 0 Å². The molecular formula is C12H16Br2N4O. The molecule has 0 fully saturated rings. The van der Waals surface area contributed by atoms with Gasteiger partial charge in [-0.2, -0.15) is 0 Å². The minimum atomic E-state index is -0.423. The number of hydrogen-bond donors (Lipinski definition) is 4.